The molecule has 0 bridgehead atoms. The summed E-state index contributed by atoms with van der Waals surface area (Å²) in [6, 6.07) is 2.77. The molecule has 1 fully saturated rings. The molecule has 0 spiro atoms. The van der Waals surface area contributed by atoms with Gasteiger partial charge in [-0.05, 0) is 24.1 Å². The van der Waals surface area contributed by atoms with E-state index in [0.717, 1.165) is 12.4 Å². The van der Waals surface area contributed by atoms with Gasteiger partial charge in [-0.15, -0.1) is 6.42 Å². The van der Waals surface area contributed by atoms with Crippen LogP contribution in [0, 0.1) is 19.3 Å². The highest BCUT2D eigenvalue weighted by molar-refractivity contribution is 5.71. The first-order chi connectivity index (χ1) is 14.2. The smallest absolute Gasteiger partial charge is 0.416 e. The van der Waals surface area contributed by atoms with Gasteiger partial charge < -0.3 is 19.9 Å². The summed E-state index contributed by atoms with van der Waals surface area (Å²) in [5.41, 5.74) is -0.162. The van der Waals surface area contributed by atoms with Crippen molar-refractivity contribution in [1.29, 1.82) is 0 Å². The number of carbonyl (C=O) groups is 1. The van der Waals surface area contributed by atoms with E-state index in [4.69, 9.17) is 15.9 Å². The molecular formula is C20H18F3N3O4. The Kier molecular flexibility index (Phi) is 6.24. The molecule has 1 atom stereocenters. The summed E-state index contributed by atoms with van der Waals surface area (Å²) >= 11 is 0. The van der Waals surface area contributed by atoms with Crippen molar-refractivity contribution in [3.63, 3.8) is 0 Å². The third kappa shape index (κ3) is 4.53. The van der Waals surface area contributed by atoms with Crippen LogP contribution < -0.4 is 5.32 Å². The van der Waals surface area contributed by atoms with E-state index in [1.165, 1.54) is 19.1 Å². The lowest BCUT2D eigenvalue weighted by atomic mass is 9.96. The third-order valence-electron chi connectivity index (χ3n) is 4.58. The number of halogens is 3. The molecule has 1 aliphatic heterocycles. The van der Waals surface area contributed by atoms with Crippen LogP contribution in [0.25, 0.3) is 0 Å². The molecule has 7 nitrogen and oxygen atoms in total. The molecule has 2 heterocycles. The molecule has 1 aliphatic rings. The van der Waals surface area contributed by atoms with Crippen molar-refractivity contribution in [3.05, 3.63) is 52.5 Å². The first-order valence-corrected chi connectivity index (χ1v) is 8.90. The molecule has 158 valence electrons. The Labute approximate surface area is 170 Å². The van der Waals surface area contributed by atoms with Gasteiger partial charge in [-0.3, -0.25) is 4.79 Å². The summed E-state index contributed by atoms with van der Waals surface area (Å²) < 4.78 is 50.8. The SMILES string of the molecule is C#C[C@@H](Nc1ncnc(CC(=O)O)c1C1OCCO1)c1cccc(C(F)(F)F)c1C. The first-order valence-electron chi connectivity index (χ1n) is 8.90. The number of alkyl halides is 3. The van der Waals surface area contributed by atoms with E-state index in [1.54, 1.807) is 0 Å². The van der Waals surface area contributed by atoms with Crippen LogP contribution in [-0.4, -0.2) is 34.3 Å². The number of aromatic nitrogens is 2. The Morgan fingerprint density at radius 1 is 1.37 bits per heavy atom. The number of nitrogens with one attached hydrogen (secondary N) is 1. The van der Waals surface area contributed by atoms with Crippen LogP contribution in [0.1, 0.15) is 40.3 Å². The molecule has 0 unspecified atom stereocenters. The van der Waals surface area contributed by atoms with Crippen molar-refractivity contribution in [2.75, 3.05) is 18.5 Å². The fourth-order valence-electron chi connectivity index (χ4n) is 3.22. The van der Waals surface area contributed by atoms with Crippen molar-refractivity contribution in [2.24, 2.45) is 0 Å². The van der Waals surface area contributed by atoms with Crippen molar-refractivity contribution in [3.8, 4) is 12.3 Å². The minimum absolute atomic E-state index is 0.0184. The highest BCUT2D eigenvalue weighted by Crippen LogP contribution is 2.36. The van der Waals surface area contributed by atoms with Crippen molar-refractivity contribution in [2.45, 2.75) is 31.9 Å². The monoisotopic (exact) mass is 421 g/mol. The van der Waals surface area contributed by atoms with Crippen molar-refractivity contribution in [1.82, 2.24) is 9.97 Å². The summed E-state index contributed by atoms with van der Waals surface area (Å²) in [4.78, 5) is 19.3. The lowest BCUT2D eigenvalue weighted by Crippen LogP contribution is -2.19. The van der Waals surface area contributed by atoms with E-state index in [-0.39, 0.29) is 41.4 Å². The zero-order valence-electron chi connectivity index (χ0n) is 15.9. The van der Waals surface area contributed by atoms with E-state index in [2.05, 4.69) is 21.2 Å². The molecule has 3 rings (SSSR count). The minimum Gasteiger partial charge on any atom is -0.481 e. The maximum Gasteiger partial charge on any atom is 0.416 e. The normalized spacial score (nSPS) is 15.6. The largest absolute Gasteiger partial charge is 0.481 e. The van der Waals surface area contributed by atoms with Crippen LogP contribution in [-0.2, 0) is 26.9 Å². The Morgan fingerprint density at radius 3 is 2.67 bits per heavy atom. The molecule has 1 aromatic carbocycles. The fraction of sp³-hybridized carbons (Fsp3) is 0.350. The van der Waals surface area contributed by atoms with E-state index in [0.29, 0.717) is 0 Å². The van der Waals surface area contributed by atoms with Gasteiger partial charge in [0.1, 0.15) is 18.2 Å². The van der Waals surface area contributed by atoms with Gasteiger partial charge in [0.15, 0.2) is 6.29 Å². The lowest BCUT2D eigenvalue weighted by Gasteiger charge is -2.22. The van der Waals surface area contributed by atoms with Gasteiger partial charge in [-0.1, -0.05) is 18.1 Å². The number of carboxylic acids is 1. The Balaban J connectivity index is 2.03. The number of hydrogen-bond donors (Lipinski definition) is 2. The number of anilines is 1. The second-order valence-electron chi connectivity index (χ2n) is 6.49. The topological polar surface area (TPSA) is 93.6 Å². The summed E-state index contributed by atoms with van der Waals surface area (Å²) in [6.45, 7) is 1.91. The number of nitrogens with zero attached hydrogens (tertiary/aromatic N) is 2. The molecule has 1 aromatic heterocycles. The van der Waals surface area contributed by atoms with Crippen LogP contribution in [0.4, 0.5) is 19.0 Å². The first kappa shape index (κ1) is 21.5. The molecule has 10 heteroatoms. The molecule has 2 N–H and O–H groups in total. The number of carboxylic acid groups (broad SMARTS) is 1. The van der Waals surface area contributed by atoms with E-state index >= 15 is 0 Å². The van der Waals surface area contributed by atoms with Gasteiger partial charge in [0, 0.05) is 0 Å². The molecular weight excluding hydrogens is 403 g/mol. The number of ether oxygens (including phenoxy) is 2. The Bertz CT molecular complexity index is 982. The van der Waals surface area contributed by atoms with Crippen LogP contribution in [0.3, 0.4) is 0 Å². The fourth-order valence-corrected chi connectivity index (χ4v) is 3.22. The zero-order chi connectivity index (χ0) is 21.9. The van der Waals surface area contributed by atoms with Crippen molar-refractivity contribution >= 4 is 11.8 Å². The second-order valence-corrected chi connectivity index (χ2v) is 6.49. The molecule has 0 aliphatic carbocycles. The molecule has 1 saturated heterocycles. The van der Waals surface area contributed by atoms with Crippen LogP contribution >= 0.6 is 0 Å². The number of hydrogen-bond acceptors (Lipinski definition) is 6. The lowest BCUT2D eigenvalue weighted by molar-refractivity contribution is -0.138. The third-order valence-corrected chi connectivity index (χ3v) is 4.58. The standard InChI is InChI=1S/C20H18F3N3O4/c1-3-14(12-5-4-6-13(11(12)2)20(21,22)23)26-18-17(19-29-7-8-30-19)15(9-16(27)28)24-10-25-18/h1,4-6,10,14,19H,7-9H2,2H3,(H,27,28)(H,24,25,26)/t14-/m1/s1. The van der Waals surface area contributed by atoms with Crippen LogP contribution in [0.5, 0.6) is 0 Å². The second kappa shape index (κ2) is 8.69. The summed E-state index contributed by atoms with van der Waals surface area (Å²) in [5, 5.41) is 12.1. The van der Waals surface area contributed by atoms with Gasteiger partial charge in [0.05, 0.1) is 36.5 Å². The summed E-state index contributed by atoms with van der Waals surface area (Å²) in [6.07, 6.45) is 0.895. The summed E-state index contributed by atoms with van der Waals surface area (Å²) in [5.74, 6) is 1.44. The Morgan fingerprint density at radius 2 is 2.07 bits per heavy atom. The number of benzene rings is 1. The highest BCUT2D eigenvalue weighted by Gasteiger charge is 2.34. The van der Waals surface area contributed by atoms with Gasteiger partial charge in [-0.2, -0.15) is 13.2 Å². The van der Waals surface area contributed by atoms with Gasteiger partial charge in [0.25, 0.3) is 0 Å². The van der Waals surface area contributed by atoms with Crippen LogP contribution in [0.15, 0.2) is 24.5 Å². The minimum atomic E-state index is -4.53. The molecule has 2 aromatic rings. The number of rotatable bonds is 6. The van der Waals surface area contributed by atoms with Gasteiger partial charge in [-0.25, -0.2) is 9.97 Å². The average Bonchev–Trinajstić information content (AvgIpc) is 3.19. The number of terminal acetylenes is 1. The Hall–Kier alpha value is -3.16. The molecule has 0 saturated carbocycles. The highest BCUT2D eigenvalue weighted by atomic mass is 19.4. The summed E-state index contributed by atoms with van der Waals surface area (Å²) in [7, 11) is 0. The quantitative estimate of drug-likeness (QED) is 0.692. The van der Waals surface area contributed by atoms with E-state index in [1.807, 2.05) is 0 Å². The molecule has 0 radical (unpaired) electrons. The molecule has 0 amide bonds. The molecule has 30 heavy (non-hydrogen) atoms. The van der Waals surface area contributed by atoms with Gasteiger partial charge in [0.2, 0.25) is 0 Å². The van der Waals surface area contributed by atoms with E-state index < -0.39 is 36.5 Å². The van der Waals surface area contributed by atoms with Crippen molar-refractivity contribution < 1.29 is 32.5 Å². The maximum absolute atomic E-state index is 13.3. The average molecular weight is 421 g/mol. The van der Waals surface area contributed by atoms with Gasteiger partial charge >= 0.3 is 12.1 Å². The van der Waals surface area contributed by atoms with Crippen LogP contribution in [0.2, 0.25) is 0 Å². The maximum atomic E-state index is 13.3. The van der Waals surface area contributed by atoms with E-state index in [9.17, 15) is 23.1 Å². The predicted molar refractivity (Wildman–Crippen MR) is 99.4 cm³/mol. The zero-order valence-corrected chi connectivity index (χ0v) is 15.9. The number of aliphatic carboxylic acids is 1. The predicted octanol–water partition coefficient (Wildman–Crippen LogP) is 3.26.